The molecule has 0 spiro atoms. The van der Waals surface area contributed by atoms with Gasteiger partial charge >= 0.3 is 6.03 Å². The van der Waals surface area contributed by atoms with E-state index in [-0.39, 0.29) is 24.7 Å². The van der Waals surface area contributed by atoms with Crippen LogP contribution in [0.4, 0.5) is 4.79 Å². The molecule has 1 aliphatic rings. The van der Waals surface area contributed by atoms with E-state index >= 15 is 0 Å². The largest absolute Gasteiger partial charge is 0.496 e. The number of carbonyl (C=O) groups is 1. The molecule has 2 atom stereocenters. The van der Waals surface area contributed by atoms with Crippen LogP contribution >= 0.6 is 0 Å². The molecule has 1 aliphatic carbocycles. The van der Waals surface area contributed by atoms with Crippen molar-refractivity contribution in [3.8, 4) is 5.75 Å². The van der Waals surface area contributed by atoms with Crippen LogP contribution in [0.2, 0.25) is 0 Å². The Bertz CT molecular complexity index is 490. The monoisotopic (exact) mass is 292 g/mol. The number of hydrogen-bond donors (Lipinski definition) is 3. The molecule has 0 saturated heterocycles. The Kier molecular flexibility index (Phi) is 5.44. The lowest BCUT2D eigenvalue weighted by atomic mass is 10.1. The van der Waals surface area contributed by atoms with Crippen molar-refractivity contribution in [1.82, 2.24) is 10.6 Å². The van der Waals surface area contributed by atoms with E-state index in [1.54, 1.807) is 7.11 Å². The minimum absolute atomic E-state index is 0.0418. The van der Waals surface area contributed by atoms with Gasteiger partial charge in [0.1, 0.15) is 5.75 Å². The lowest BCUT2D eigenvalue weighted by molar-refractivity contribution is 0.230. The van der Waals surface area contributed by atoms with Crippen LogP contribution in [-0.4, -0.2) is 30.9 Å². The molecular weight excluding hydrogens is 268 g/mol. The van der Waals surface area contributed by atoms with E-state index in [4.69, 9.17) is 9.84 Å². The summed E-state index contributed by atoms with van der Waals surface area (Å²) in [5, 5.41) is 14.7. The summed E-state index contributed by atoms with van der Waals surface area (Å²) < 4.78 is 5.37. The van der Waals surface area contributed by atoms with Gasteiger partial charge in [-0.05, 0) is 49.8 Å². The van der Waals surface area contributed by atoms with E-state index < -0.39 is 0 Å². The van der Waals surface area contributed by atoms with Gasteiger partial charge in [0.25, 0.3) is 0 Å². The summed E-state index contributed by atoms with van der Waals surface area (Å²) in [5.41, 5.74) is 2.34. The van der Waals surface area contributed by atoms with Gasteiger partial charge in [-0.15, -0.1) is 0 Å². The normalized spacial score (nSPS) is 18.0. The highest BCUT2D eigenvalue weighted by Gasteiger charge is 2.26. The lowest BCUT2D eigenvalue weighted by Gasteiger charge is -2.18. The number of hydrogen-bond acceptors (Lipinski definition) is 3. The van der Waals surface area contributed by atoms with Gasteiger partial charge in [-0.3, -0.25) is 0 Å². The average molecular weight is 292 g/mol. The Balaban J connectivity index is 1.93. The zero-order chi connectivity index (χ0) is 15.2. The maximum atomic E-state index is 12.0. The third-order valence-corrected chi connectivity index (χ3v) is 3.93. The van der Waals surface area contributed by atoms with E-state index in [1.807, 2.05) is 25.1 Å². The van der Waals surface area contributed by atoms with Crippen molar-refractivity contribution in [2.45, 2.75) is 44.7 Å². The number of carbonyl (C=O) groups excluding carboxylic acids is 1. The first kappa shape index (κ1) is 15.6. The molecule has 0 bridgehead atoms. The van der Waals surface area contributed by atoms with Crippen LogP contribution in [0.25, 0.3) is 0 Å². The molecule has 0 saturated carbocycles. The summed E-state index contributed by atoms with van der Waals surface area (Å²) in [6.45, 7) is 2.10. The Morgan fingerprint density at radius 3 is 3.05 bits per heavy atom. The molecule has 0 aromatic heterocycles. The number of amides is 2. The number of benzene rings is 1. The zero-order valence-corrected chi connectivity index (χ0v) is 12.7. The lowest BCUT2D eigenvalue weighted by Crippen LogP contribution is -2.42. The summed E-state index contributed by atoms with van der Waals surface area (Å²) in [7, 11) is 1.67. The van der Waals surface area contributed by atoms with Crippen LogP contribution in [0.5, 0.6) is 5.75 Å². The molecule has 0 fully saturated rings. The molecule has 116 valence electrons. The summed E-state index contributed by atoms with van der Waals surface area (Å²) in [6.07, 6.45) is 3.29. The molecule has 21 heavy (non-hydrogen) atoms. The van der Waals surface area contributed by atoms with Crippen molar-refractivity contribution < 1.29 is 14.6 Å². The highest BCUT2D eigenvalue weighted by Crippen LogP contribution is 2.36. The summed E-state index contributed by atoms with van der Waals surface area (Å²) in [4.78, 5) is 12.0. The van der Waals surface area contributed by atoms with Crippen molar-refractivity contribution >= 4 is 6.03 Å². The fourth-order valence-electron chi connectivity index (χ4n) is 2.86. The molecule has 5 heteroatoms. The molecule has 0 aliphatic heterocycles. The van der Waals surface area contributed by atoms with Gasteiger partial charge in [0.2, 0.25) is 0 Å². The molecule has 1 aromatic rings. The number of urea groups is 1. The Morgan fingerprint density at radius 1 is 1.52 bits per heavy atom. The minimum atomic E-state index is -0.152. The first-order valence-corrected chi connectivity index (χ1v) is 7.49. The number of aliphatic hydroxyl groups is 1. The van der Waals surface area contributed by atoms with Gasteiger partial charge in [0.15, 0.2) is 0 Å². The predicted octanol–water partition coefficient (Wildman–Crippen LogP) is 2.14. The molecular formula is C16H24N2O3. The van der Waals surface area contributed by atoms with Gasteiger partial charge in [0.05, 0.1) is 13.2 Å². The van der Waals surface area contributed by atoms with Gasteiger partial charge < -0.3 is 20.5 Å². The van der Waals surface area contributed by atoms with Crippen LogP contribution in [0, 0.1) is 0 Å². The maximum Gasteiger partial charge on any atom is 0.315 e. The average Bonchev–Trinajstić information content (AvgIpc) is 2.88. The second kappa shape index (κ2) is 7.31. The van der Waals surface area contributed by atoms with E-state index in [0.29, 0.717) is 6.42 Å². The zero-order valence-electron chi connectivity index (χ0n) is 12.7. The highest BCUT2D eigenvalue weighted by atomic mass is 16.5. The number of methoxy groups -OCH3 is 1. The second-order valence-electron chi connectivity index (χ2n) is 5.50. The van der Waals surface area contributed by atoms with Crippen LogP contribution in [0.15, 0.2) is 18.2 Å². The topological polar surface area (TPSA) is 70.6 Å². The summed E-state index contributed by atoms with van der Waals surface area (Å²) in [6, 6.07) is 5.91. The van der Waals surface area contributed by atoms with Gasteiger partial charge in [-0.1, -0.05) is 12.1 Å². The van der Waals surface area contributed by atoms with Crippen LogP contribution in [-0.2, 0) is 6.42 Å². The minimum Gasteiger partial charge on any atom is -0.496 e. The highest BCUT2D eigenvalue weighted by molar-refractivity contribution is 5.75. The smallest absolute Gasteiger partial charge is 0.315 e. The Labute approximate surface area is 125 Å². The maximum absolute atomic E-state index is 12.0. The number of fused-ring (bicyclic) bond motifs is 1. The van der Waals surface area contributed by atoms with Crippen LogP contribution < -0.4 is 15.4 Å². The van der Waals surface area contributed by atoms with Crippen molar-refractivity contribution in [3.63, 3.8) is 0 Å². The molecule has 2 amide bonds. The van der Waals surface area contributed by atoms with E-state index in [0.717, 1.165) is 30.6 Å². The number of rotatable bonds is 6. The first-order valence-electron chi connectivity index (χ1n) is 7.49. The molecule has 2 unspecified atom stereocenters. The predicted molar refractivity (Wildman–Crippen MR) is 81.5 cm³/mol. The molecule has 0 radical (unpaired) electrons. The van der Waals surface area contributed by atoms with Gasteiger partial charge in [0, 0.05) is 12.6 Å². The Hall–Kier alpha value is -1.75. The molecule has 0 heterocycles. The number of aliphatic hydroxyl groups excluding tert-OH is 1. The van der Waals surface area contributed by atoms with Crippen molar-refractivity contribution in [3.05, 3.63) is 29.3 Å². The van der Waals surface area contributed by atoms with Crippen molar-refractivity contribution in [2.24, 2.45) is 0 Å². The molecule has 3 N–H and O–H groups in total. The van der Waals surface area contributed by atoms with E-state index in [2.05, 4.69) is 10.6 Å². The second-order valence-corrected chi connectivity index (χ2v) is 5.50. The van der Waals surface area contributed by atoms with Gasteiger partial charge in [-0.2, -0.15) is 0 Å². The Morgan fingerprint density at radius 2 is 2.33 bits per heavy atom. The van der Waals surface area contributed by atoms with E-state index in [9.17, 15) is 4.79 Å². The van der Waals surface area contributed by atoms with Crippen molar-refractivity contribution in [2.75, 3.05) is 13.7 Å². The summed E-state index contributed by atoms with van der Waals surface area (Å²) >= 11 is 0. The van der Waals surface area contributed by atoms with Crippen LogP contribution in [0.1, 0.15) is 43.4 Å². The van der Waals surface area contributed by atoms with Crippen molar-refractivity contribution in [1.29, 1.82) is 0 Å². The van der Waals surface area contributed by atoms with E-state index in [1.165, 1.54) is 5.56 Å². The van der Waals surface area contributed by atoms with Crippen LogP contribution in [0.3, 0.4) is 0 Å². The summed E-state index contributed by atoms with van der Waals surface area (Å²) in [5.74, 6) is 0.897. The number of nitrogens with one attached hydrogen (secondary N) is 2. The standard InChI is InChI=1S/C16H24N2O3/c1-11(5-4-10-19)17-16(20)18-14-9-8-13-12(14)6-3-7-15(13)21-2/h3,6-7,11,14,19H,4-5,8-10H2,1-2H3,(H2,17,18,20). The first-order chi connectivity index (χ1) is 10.2. The molecule has 2 rings (SSSR count). The SMILES string of the molecule is COc1cccc2c1CCC2NC(=O)NC(C)CCCO. The molecule has 5 nitrogen and oxygen atoms in total. The van der Waals surface area contributed by atoms with Gasteiger partial charge in [-0.25, -0.2) is 4.79 Å². The number of ether oxygens (including phenoxy) is 1. The fourth-order valence-corrected chi connectivity index (χ4v) is 2.86. The molecule has 1 aromatic carbocycles. The fraction of sp³-hybridized carbons (Fsp3) is 0.562. The third-order valence-electron chi connectivity index (χ3n) is 3.93. The third kappa shape index (κ3) is 3.88. The quantitative estimate of drug-likeness (QED) is 0.752.